The van der Waals surface area contributed by atoms with Crippen LogP contribution in [0.15, 0.2) is 84.0 Å². The van der Waals surface area contributed by atoms with Crippen LogP contribution in [0.25, 0.3) is 0 Å². The van der Waals surface area contributed by atoms with Gasteiger partial charge in [-0.25, -0.2) is 0 Å². The molecule has 0 heterocycles. The van der Waals surface area contributed by atoms with Gasteiger partial charge in [0.2, 0.25) is 6.41 Å². The van der Waals surface area contributed by atoms with Crippen molar-refractivity contribution in [2.24, 2.45) is 5.10 Å². The van der Waals surface area contributed by atoms with Gasteiger partial charge < -0.3 is 10.3 Å². The number of carbonyl (C=O) groups excluding carboxylic acids is 1. The van der Waals surface area contributed by atoms with Gasteiger partial charge in [-0.2, -0.15) is 5.10 Å². The summed E-state index contributed by atoms with van der Waals surface area (Å²) in [7, 11) is 0. The summed E-state index contributed by atoms with van der Waals surface area (Å²) in [5.74, 6) is 0. The van der Waals surface area contributed by atoms with Crippen molar-refractivity contribution in [1.29, 1.82) is 0 Å². The van der Waals surface area contributed by atoms with Crippen molar-refractivity contribution >= 4 is 29.4 Å². The number of hydrogen-bond acceptors (Lipinski definition) is 3. The van der Waals surface area contributed by atoms with Crippen LogP contribution in [0, 0.1) is 0 Å². The first kappa shape index (κ1) is 23.2. The van der Waals surface area contributed by atoms with Crippen LogP contribution in [0.3, 0.4) is 0 Å². The number of anilines is 1. The van der Waals surface area contributed by atoms with Crippen molar-refractivity contribution in [3.63, 3.8) is 0 Å². The smallest absolute Gasteiger partial charge is 0.214 e. The largest absolute Gasteiger partial charge is 0.315 e. The second-order valence-electron chi connectivity index (χ2n) is 6.20. The topological polar surface area (TPSA) is 44.7 Å². The van der Waals surface area contributed by atoms with Gasteiger partial charge in [0.05, 0.1) is 17.9 Å². The van der Waals surface area contributed by atoms with Gasteiger partial charge in [0.25, 0.3) is 0 Å². The fourth-order valence-electron chi connectivity index (χ4n) is 2.92. The van der Waals surface area contributed by atoms with E-state index in [9.17, 15) is 4.79 Å². The molecule has 0 aliphatic rings. The molecule has 3 rings (SSSR count). The Bertz CT molecular complexity index is 940. The highest BCUT2D eigenvalue weighted by molar-refractivity contribution is 6.30. The van der Waals surface area contributed by atoms with Crippen LogP contribution in [0.4, 0.5) is 5.69 Å². The predicted molar refractivity (Wildman–Crippen MR) is 127 cm³/mol. The quantitative estimate of drug-likeness (QED) is 0.280. The highest BCUT2D eigenvalue weighted by Crippen LogP contribution is 2.24. The lowest BCUT2D eigenvalue weighted by atomic mass is 10.00. The van der Waals surface area contributed by atoms with Crippen LogP contribution in [0.5, 0.6) is 0 Å². The summed E-state index contributed by atoms with van der Waals surface area (Å²) < 4.78 is 0. The van der Waals surface area contributed by atoms with Crippen LogP contribution in [0.1, 0.15) is 37.5 Å². The second kappa shape index (κ2) is 12.5. The van der Waals surface area contributed by atoms with Crippen molar-refractivity contribution < 1.29 is 4.79 Å². The van der Waals surface area contributed by atoms with Crippen molar-refractivity contribution in [2.45, 2.75) is 27.3 Å². The van der Waals surface area contributed by atoms with E-state index in [1.54, 1.807) is 4.90 Å². The Labute approximate surface area is 184 Å². The molecule has 156 valence electrons. The van der Waals surface area contributed by atoms with E-state index in [4.69, 9.17) is 11.6 Å². The molecule has 0 aromatic heterocycles. The van der Waals surface area contributed by atoms with Crippen LogP contribution >= 0.6 is 11.6 Å². The molecule has 0 spiro atoms. The van der Waals surface area contributed by atoms with Gasteiger partial charge in [-0.1, -0.05) is 86.1 Å². The maximum absolute atomic E-state index is 11.5. The molecule has 4 nitrogen and oxygen atoms in total. The number of halogens is 1. The standard InChI is InChI=1S/C23H22ClN3O.C2H6/c1-2-27(17-28)22-11-7-6-10-21(22)23(19-12-14-20(24)15-13-19)26-25-16-18-8-4-3-5-9-18;1-2/h3-15,17,25H,2,16H2,1H3;1-2H3/b26-23-;. The predicted octanol–water partition coefficient (Wildman–Crippen LogP) is 5.89. The van der Waals surface area contributed by atoms with Gasteiger partial charge in [-0.15, -0.1) is 0 Å². The van der Waals surface area contributed by atoms with E-state index in [2.05, 4.69) is 10.5 Å². The number of nitrogens with one attached hydrogen (secondary N) is 1. The first-order valence-corrected chi connectivity index (χ1v) is 10.5. The van der Waals surface area contributed by atoms with E-state index < -0.39 is 0 Å². The maximum Gasteiger partial charge on any atom is 0.214 e. The molecule has 1 amide bonds. The Balaban J connectivity index is 0.00000155. The highest BCUT2D eigenvalue weighted by atomic mass is 35.5. The lowest BCUT2D eigenvalue weighted by Crippen LogP contribution is -2.23. The summed E-state index contributed by atoms with van der Waals surface area (Å²) in [4.78, 5) is 13.2. The second-order valence-corrected chi connectivity index (χ2v) is 6.63. The summed E-state index contributed by atoms with van der Waals surface area (Å²) in [5.41, 5.74) is 7.66. The zero-order valence-corrected chi connectivity index (χ0v) is 18.4. The molecule has 5 heteroatoms. The first-order valence-electron chi connectivity index (χ1n) is 10.1. The van der Waals surface area contributed by atoms with Crippen molar-refractivity contribution in [3.05, 3.63) is 101 Å². The molecule has 0 fully saturated rings. The Morgan fingerprint density at radius 2 is 1.60 bits per heavy atom. The molecule has 1 N–H and O–H groups in total. The van der Waals surface area contributed by atoms with Crippen molar-refractivity contribution in [2.75, 3.05) is 11.4 Å². The lowest BCUT2D eigenvalue weighted by molar-refractivity contribution is -0.107. The number of rotatable bonds is 8. The van der Waals surface area contributed by atoms with Crippen LogP contribution in [0.2, 0.25) is 5.02 Å². The average molecular weight is 422 g/mol. The molecule has 0 saturated heterocycles. The van der Waals surface area contributed by atoms with E-state index >= 15 is 0 Å². The van der Waals surface area contributed by atoms with Gasteiger partial charge in [0.1, 0.15) is 0 Å². The molecule has 0 bridgehead atoms. The number of amides is 1. The van der Waals surface area contributed by atoms with E-state index in [0.717, 1.165) is 34.5 Å². The molecule has 0 atom stereocenters. The molecule has 30 heavy (non-hydrogen) atoms. The molecule has 0 aliphatic carbocycles. The van der Waals surface area contributed by atoms with Gasteiger partial charge in [-0.05, 0) is 30.7 Å². The molecule has 0 radical (unpaired) electrons. The van der Waals surface area contributed by atoms with Gasteiger partial charge in [-0.3, -0.25) is 4.79 Å². The third kappa shape index (κ3) is 6.19. The summed E-state index contributed by atoms with van der Waals surface area (Å²) in [6.07, 6.45) is 0.843. The van der Waals surface area contributed by atoms with E-state index in [-0.39, 0.29) is 0 Å². The molecular weight excluding hydrogens is 394 g/mol. The fourth-order valence-corrected chi connectivity index (χ4v) is 3.05. The maximum atomic E-state index is 11.5. The Morgan fingerprint density at radius 1 is 0.967 bits per heavy atom. The third-order valence-electron chi connectivity index (χ3n) is 4.37. The fraction of sp³-hybridized carbons (Fsp3) is 0.200. The van der Waals surface area contributed by atoms with Gasteiger partial charge in [0, 0.05) is 22.7 Å². The van der Waals surface area contributed by atoms with Gasteiger partial charge in [0.15, 0.2) is 0 Å². The van der Waals surface area contributed by atoms with Gasteiger partial charge >= 0.3 is 0 Å². The molecule has 3 aromatic rings. The number of nitrogens with zero attached hydrogens (tertiary/aromatic N) is 2. The number of carbonyl (C=O) groups is 1. The summed E-state index contributed by atoms with van der Waals surface area (Å²) in [6, 6.07) is 25.4. The molecular formula is C25H28ClN3O. The van der Waals surface area contributed by atoms with Crippen molar-refractivity contribution in [1.82, 2.24) is 5.43 Å². The van der Waals surface area contributed by atoms with Crippen LogP contribution < -0.4 is 10.3 Å². The summed E-state index contributed by atoms with van der Waals surface area (Å²) in [5, 5.41) is 5.35. The normalized spacial score (nSPS) is 10.6. The molecule has 0 saturated carbocycles. The molecule has 0 aliphatic heterocycles. The number of hydrazone groups is 1. The van der Waals surface area contributed by atoms with Crippen molar-refractivity contribution in [3.8, 4) is 0 Å². The minimum atomic E-state index is 0.575. The van der Waals surface area contributed by atoms with E-state index in [0.29, 0.717) is 18.1 Å². The highest BCUT2D eigenvalue weighted by Gasteiger charge is 2.15. The average Bonchev–Trinajstić information content (AvgIpc) is 2.81. The monoisotopic (exact) mass is 421 g/mol. The first-order chi connectivity index (χ1) is 14.7. The Morgan fingerprint density at radius 3 is 2.23 bits per heavy atom. The number of para-hydroxylation sites is 1. The Hall–Kier alpha value is -3.11. The lowest BCUT2D eigenvalue weighted by Gasteiger charge is -2.20. The van der Waals surface area contributed by atoms with E-state index in [1.165, 1.54) is 0 Å². The zero-order valence-electron chi connectivity index (χ0n) is 17.7. The number of hydrogen-bond donors (Lipinski definition) is 1. The summed E-state index contributed by atoms with van der Waals surface area (Å²) in [6.45, 7) is 7.12. The van der Waals surface area contributed by atoms with Crippen LogP contribution in [-0.2, 0) is 11.3 Å². The van der Waals surface area contributed by atoms with Crippen LogP contribution in [-0.4, -0.2) is 18.7 Å². The van der Waals surface area contributed by atoms with E-state index in [1.807, 2.05) is 99.6 Å². The minimum absolute atomic E-state index is 0.575. The zero-order chi connectivity index (χ0) is 21.8. The molecule has 3 aromatic carbocycles. The molecule has 0 unspecified atom stereocenters. The SMILES string of the molecule is CC.CCN(C=O)c1ccccc1/C(=N\NCc1ccccc1)c1ccc(Cl)cc1. The number of benzene rings is 3. The Kier molecular flexibility index (Phi) is 9.62. The minimum Gasteiger partial charge on any atom is -0.315 e. The third-order valence-corrected chi connectivity index (χ3v) is 4.62. The summed E-state index contributed by atoms with van der Waals surface area (Å²) >= 11 is 6.06.